The van der Waals surface area contributed by atoms with Crippen molar-refractivity contribution >= 4 is 38.0 Å². The lowest BCUT2D eigenvalue weighted by Gasteiger charge is -2.11. The monoisotopic (exact) mass is 477 g/mol. The molecular formula is C26H23NO4S2. The molecule has 1 atom stereocenters. The number of aliphatic carboxylic acids is 1. The van der Waals surface area contributed by atoms with Crippen molar-refractivity contribution in [2.75, 3.05) is 5.75 Å². The molecule has 168 valence electrons. The first-order valence-corrected chi connectivity index (χ1v) is 12.9. The number of sulfone groups is 1. The molecule has 4 aromatic rings. The molecule has 0 radical (unpaired) electrons. The number of carboxylic acid groups (broad SMARTS) is 1. The molecule has 4 rings (SSSR count). The molecule has 0 saturated carbocycles. The van der Waals surface area contributed by atoms with Crippen LogP contribution >= 0.6 is 11.3 Å². The molecule has 1 N–H and O–H groups in total. The first-order valence-electron chi connectivity index (χ1n) is 10.4. The molecule has 0 saturated heterocycles. The average molecular weight is 478 g/mol. The van der Waals surface area contributed by atoms with Crippen LogP contribution in [0.5, 0.6) is 0 Å². The van der Waals surface area contributed by atoms with Crippen LogP contribution in [0.25, 0.3) is 10.9 Å². The maximum absolute atomic E-state index is 13.0. The van der Waals surface area contributed by atoms with Gasteiger partial charge in [-0.3, -0.25) is 4.79 Å². The topological polar surface area (TPSA) is 76.4 Å². The first kappa shape index (κ1) is 22.8. The second-order valence-electron chi connectivity index (χ2n) is 8.04. The SMILES string of the molecule is Cc1ccc(C#Cc2ccc(S(=O)(=O)C[C@H](Cc3cn(C)c4ccccc34)C(=O)O)s2)cc1. The lowest BCUT2D eigenvalue weighted by molar-refractivity contribution is -0.140. The van der Waals surface area contributed by atoms with Crippen molar-refractivity contribution in [2.24, 2.45) is 13.0 Å². The standard InChI is InChI=1S/C26H23NO4S2/c1-18-7-9-19(10-8-18)11-12-22-13-14-25(32-22)33(30,31)17-21(26(28)29)15-20-16-27(2)24-6-4-3-5-23(20)24/h3-10,13-14,16,21H,15,17H2,1-2H3,(H,28,29)/t21-/m0/s1. The van der Waals surface area contributed by atoms with Crippen molar-refractivity contribution in [3.05, 3.63) is 88.4 Å². The van der Waals surface area contributed by atoms with Crippen molar-refractivity contribution in [3.8, 4) is 11.8 Å². The van der Waals surface area contributed by atoms with E-state index in [2.05, 4.69) is 11.8 Å². The van der Waals surface area contributed by atoms with Crippen LogP contribution in [0.4, 0.5) is 0 Å². The number of benzene rings is 2. The van der Waals surface area contributed by atoms with Crippen LogP contribution in [0.3, 0.4) is 0 Å². The van der Waals surface area contributed by atoms with Crippen LogP contribution < -0.4 is 0 Å². The summed E-state index contributed by atoms with van der Waals surface area (Å²) < 4.78 is 28.1. The van der Waals surface area contributed by atoms with E-state index in [-0.39, 0.29) is 10.6 Å². The number of thiophene rings is 1. The van der Waals surface area contributed by atoms with Crippen LogP contribution in [-0.2, 0) is 28.1 Å². The molecule has 2 aromatic carbocycles. The van der Waals surface area contributed by atoms with E-state index >= 15 is 0 Å². The highest BCUT2D eigenvalue weighted by atomic mass is 32.2. The normalized spacial score (nSPS) is 12.3. The van der Waals surface area contributed by atoms with E-state index in [1.807, 2.05) is 73.3 Å². The summed E-state index contributed by atoms with van der Waals surface area (Å²) in [5.41, 5.74) is 3.79. The van der Waals surface area contributed by atoms with E-state index in [0.29, 0.717) is 4.88 Å². The molecule has 2 aromatic heterocycles. The minimum absolute atomic E-state index is 0.139. The highest BCUT2D eigenvalue weighted by molar-refractivity contribution is 7.93. The van der Waals surface area contributed by atoms with Crippen molar-refractivity contribution in [2.45, 2.75) is 17.6 Å². The maximum Gasteiger partial charge on any atom is 0.307 e. The maximum atomic E-state index is 13.0. The molecule has 0 spiro atoms. The summed E-state index contributed by atoms with van der Waals surface area (Å²) in [6.07, 6.45) is 2.01. The van der Waals surface area contributed by atoms with Gasteiger partial charge < -0.3 is 9.67 Å². The number of rotatable bonds is 6. The number of carbonyl (C=O) groups is 1. The van der Waals surface area contributed by atoms with Crippen molar-refractivity contribution in [3.63, 3.8) is 0 Å². The summed E-state index contributed by atoms with van der Waals surface area (Å²) in [6, 6.07) is 18.6. The molecule has 33 heavy (non-hydrogen) atoms. The molecule has 0 aliphatic rings. The van der Waals surface area contributed by atoms with Gasteiger partial charge >= 0.3 is 5.97 Å². The van der Waals surface area contributed by atoms with Gasteiger partial charge in [-0.25, -0.2) is 8.42 Å². The van der Waals surface area contributed by atoms with Gasteiger partial charge in [0, 0.05) is 29.7 Å². The van der Waals surface area contributed by atoms with Gasteiger partial charge in [0.15, 0.2) is 9.84 Å². The molecule has 0 aliphatic carbocycles. The number of hydrogen-bond donors (Lipinski definition) is 1. The van der Waals surface area contributed by atoms with Crippen LogP contribution in [0.15, 0.2) is 71.1 Å². The van der Waals surface area contributed by atoms with E-state index in [1.54, 1.807) is 6.07 Å². The van der Waals surface area contributed by atoms with Crippen molar-refractivity contribution in [1.29, 1.82) is 0 Å². The zero-order valence-electron chi connectivity index (χ0n) is 18.3. The summed E-state index contributed by atoms with van der Waals surface area (Å²) in [7, 11) is -1.88. The zero-order valence-corrected chi connectivity index (χ0v) is 19.9. The fourth-order valence-corrected chi connectivity index (χ4v) is 6.55. The Balaban J connectivity index is 1.54. The third kappa shape index (κ3) is 5.19. The number of aromatic nitrogens is 1. The molecule has 0 unspecified atom stereocenters. The molecule has 0 amide bonds. The number of nitrogens with zero attached hydrogens (tertiary/aromatic N) is 1. The van der Waals surface area contributed by atoms with Crippen molar-refractivity contribution in [1.82, 2.24) is 4.57 Å². The van der Waals surface area contributed by atoms with Gasteiger partial charge in [-0.15, -0.1) is 11.3 Å². The second-order valence-corrected chi connectivity index (χ2v) is 11.4. The summed E-state index contributed by atoms with van der Waals surface area (Å²) in [5, 5.41) is 10.7. The van der Waals surface area contributed by atoms with Gasteiger partial charge in [0.05, 0.1) is 16.5 Å². The smallest absolute Gasteiger partial charge is 0.307 e. The summed E-state index contributed by atoms with van der Waals surface area (Å²) in [6.45, 7) is 2.00. The minimum atomic E-state index is -3.78. The molecule has 0 aliphatic heterocycles. The third-order valence-corrected chi connectivity index (χ3v) is 8.88. The molecule has 2 heterocycles. The molecule has 7 heteroatoms. The van der Waals surface area contributed by atoms with Gasteiger partial charge in [0.2, 0.25) is 0 Å². The molecule has 0 bridgehead atoms. The minimum Gasteiger partial charge on any atom is -0.481 e. The van der Waals surface area contributed by atoms with Gasteiger partial charge in [-0.1, -0.05) is 47.7 Å². The number of carboxylic acids is 1. The molecule has 5 nitrogen and oxygen atoms in total. The predicted molar refractivity (Wildman–Crippen MR) is 131 cm³/mol. The van der Waals surface area contributed by atoms with E-state index in [1.165, 1.54) is 6.07 Å². The van der Waals surface area contributed by atoms with Crippen LogP contribution in [0.2, 0.25) is 0 Å². The molecule has 0 fully saturated rings. The first-order chi connectivity index (χ1) is 15.7. The van der Waals surface area contributed by atoms with E-state index in [4.69, 9.17) is 0 Å². The van der Waals surface area contributed by atoms with Crippen LogP contribution in [0.1, 0.15) is 21.6 Å². The fraction of sp³-hybridized carbons (Fsp3) is 0.192. The zero-order chi connectivity index (χ0) is 23.6. The Hall–Kier alpha value is -3.34. The molecular weight excluding hydrogens is 454 g/mol. The summed E-state index contributed by atoms with van der Waals surface area (Å²) in [4.78, 5) is 12.6. The largest absolute Gasteiger partial charge is 0.481 e. The van der Waals surface area contributed by atoms with Gasteiger partial charge in [-0.2, -0.15) is 0 Å². The van der Waals surface area contributed by atoms with Gasteiger partial charge in [0.25, 0.3) is 0 Å². The number of aryl methyl sites for hydroxylation is 2. The highest BCUT2D eigenvalue weighted by Gasteiger charge is 2.29. The third-order valence-electron chi connectivity index (χ3n) is 5.49. The number of fused-ring (bicyclic) bond motifs is 1. The lowest BCUT2D eigenvalue weighted by Crippen LogP contribution is -2.25. The Morgan fingerprint density at radius 1 is 1.06 bits per heavy atom. The predicted octanol–water partition coefficient (Wildman–Crippen LogP) is 4.67. The Labute approximate surface area is 197 Å². The Morgan fingerprint density at radius 3 is 2.52 bits per heavy atom. The highest BCUT2D eigenvalue weighted by Crippen LogP contribution is 2.27. The van der Waals surface area contributed by atoms with E-state index in [0.717, 1.165) is 38.9 Å². The summed E-state index contributed by atoms with van der Waals surface area (Å²) in [5.74, 6) is 3.39. The average Bonchev–Trinajstić information content (AvgIpc) is 3.39. The Morgan fingerprint density at radius 2 is 1.79 bits per heavy atom. The quantitative estimate of drug-likeness (QED) is 0.410. The Kier molecular flexibility index (Phi) is 6.41. The van der Waals surface area contributed by atoms with Gasteiger partial charge in [-0.05, 0) is 49.2 Å². The Bertz CT molecular complexity index is 1480. The fourth-order valence-electron chi connectivity index (χ4n) is 3.74. The van der Waals surface area contributed by atoms with Crippen LogP contribution in [0, 0.1) is 24.7 Å². The van der Waals surface area contributed by atoms with E-state index < -0.39 is 27.5 Å². The lowest BCUT2D eigenvalue weighted by atomic mass is 10.0. The van der Waals surface area contributed by atoms with Gasteiger partial charge in [0.1, 0.15) is 4.21 Å². The second kappa shape index (κ2) is 9.26. The van der Waals surface area contributed by atoms with Crippen molar-refractivity contribution < 1.29 is 18.3 Å². The van der Waals surface area contributed by atoms with Crippen LogP contribution in [-0.4, -0.2) is 29.8 Å². The number of para-hydroxylation sites is 1. The summed E-state index contributed by atoms with van der Waals surface area (Å²) >= 11 is 1.07. The van der Waals surface area contributed by atoms with E-state index in [9.17, 15) is 18.3 Å². The number of hydrogen-bond acceptors (Lipinski definition) is 4.